The van der Waals surface area contributed by atoms with Crippen LogP contribution < -0.4 is 11.1 Å². The average Bonchev–Trinajstić information content (AvgIpc) is 2.38. The lowest BCUT2D eigenvalue weighted by Gasteiger charge is -2.10. The molecule has 0 spiro atoms. The predicted octanol–water partition coefficient (Wildman–Crippen LogP) is 3.25. The third-order valence-corrected chi connectivity index (χ3v) is 2.72. The van der Waals surface area contributed by atoms with Gasteiger partial charge in [-0.2, -0.15) is 0 Å². The number of hydrogen-bond donors (Lipinski definition) is 2. The molecule has 0 heterocycles. The molecule has 0 unspecified atom stereocenters. The molecular weight excluding hydrogens is 269 g/mol. The van der Waals surface area contributed by atoms with Gasteiger partial charge >= 0.3 is 0 Å². The zero-order chi connectivity index (χ0) is 14.9. The van der Waals surface area contributed by atoms with Crippen molar-refractivity contribution in [3.63, 3.8) is 0 Å². The first-order chi connectivity index (χ1) is 9.40. The van der Waals surface area contributed by atoms with Crippen molar-refractivity contribution in [2.45, 2.75) is 6.92 Å². The van der Waals surface area contributed by atoms with Crippen molar-refractivity contribution in [2.75, 3.05) is 11.1 Å². The summed E-state index contributed by atoms with van der Waals surface area (Å²) in [6.45, 7) is 1.44. The zero-order valence-electron chi connectivity index (χ0n) is 10.5. The van der Waals surface area contributed by atoms with Crippen LogP contribution in [0, 0.1) is 24.4 Å². The Kier molecular flexibility index (Phi) is 3.65. The van der Waals surface area contributed by atoms with E-state index in [0.717, 1.165) is 24.3 Å². The Balaban J connectivity index is 2.39. The second-order valence-corrected chi connectivity index (χ2v) is 4.25. The molecule has 6 heteroatoms. The molecule has 0 radical (unpaired) electrons. The third-order valence-electron chi connectivity index (χ3n) is 2.72. The molecule has 0 aliphatic carbocycles. The van der Waals surface area contributed by atoms with Crippen molar-refractivity contribution in [1.82, 2.24) is 0 Å². The number of carbonyl (C=O) groups is 1. The summed E-state index contributed by atoms with van der Waals surface area (Å²) in [6, 6.07) is 5.59. The fourth-order valence-corrected chi connectivity index (χ4v) is 1.76. The lowest BCUT2D eigenvalue weighted by Crippen LogP contribution is -2.17. The van der Waals surface area contributed by atoms with Gasteiger partial charge in [0.2, 0.25) is 0 Å². The van der Waals surface area contributed by atoms with Crippen LogP contribution >= 0.6 is 0 Å². The summed E-state index contributed by atoms with van der Waals surface area (Å²) < 4.78 is 40.7. The predicted molar refractivity (Wildman–Crippen MR) is 69.9 cm³/mol. The van der Waals surface area contributed by atoms with E-state index in [1.54, 1.807) is 0 Å². The molecule has 0 atom stereocenters. The molecule has 0 aliphatic heterocycles. The number of amides is 1. The smallest absolute Gasteiger partial charge is 0.258 e. The van der Waals surface area contributed by atoms with Crippen LogP contribution in [-0.4, -0.2) is 5.91 Å². The van der Waals surface area contributed by atoms with Gasteiger partial charge in [-0.15, -0.1) is 0 Å². The molecule has 2 aromatic rings. The van der Waals surface area contributed by atoms with Crippen LogP contribution in [0.2, 0.25) is 0 Å². The van der Waals surface area contributed by atoms with E-state index in [9.17, 15) is 18.0 Å². The number of nitrogens with one attached hydrogen (secondary N) is 1. The highest BCUT2D eigenvalue weighted by Crippen LogP contribution is 2.22. The number of aryl methyl sites for hydroxylation is 1. The van der Waals surface area contributed by atoms with Gasteiger partial charge in [0.05, 0.1) is 5.56 Å². The summed E-state index contributed by atoms with van der Waals surface area (Å²) >= 11 is 0. The van der Waals surface area contributed by atoms with Crippen LogP contribution in [0.25, 0.3) is 0 Å². The zero-order valence-corrected chi connectivity index (χ0v) is 10.5. The van der Waals surface area contributed by atoms with Crippen molar-refractivity contribution >= 4 is 17.3 Å². The maximum atomic E-state index is 13.8. The third kappa shape index (κ3) is 2.59. The molecule has 0 fully saturated rings. The molecule has 0 aromatic heterocycles. The summed E-state index contributed by atoms with van der Waals surface area (Å²) in [7, 11) is 0. The molecule has 1 amide bonds. The number of nitrogens with two attached hydrogens (primary N) is 1. The molecule has 104 valence electrons. The molecule has 3 nitrogen and oxygen atoms in total. The SMILES string of the molecule is Cc1cc(N)cc(C(=O)Nc2c(F)cccc2F)c1F. The highest BCUT2D eigenvalue weighted by Gasteiger charge is 2.18. The minimum atomic E-state index is -0.970. The number of carbonyl (C=O) groups excluding carboxylic acids is 1. The van der Waals surface area contributed by atoms with E-state index < -0.39 is 29.0 Å². The van der Waals surface area contributed by atoms with Gasteiger partial charge in [0.25, 0.3) is 5.91 Å². The number of anilines is 2. The summed E-state index contributed by atoms with van der Waals surface area (Å²) in [5.74, 6) is -3.64. The number of rotatable bonds is 2. The topological polar surface area (TPSA) is 55.1 Å². The van der Waals surface area contributed by atoms with Crippen molar-refractivity contribution in [1.29, 1.82) is 0 Å². The molecule has 2 aromatic carbocycles. The van der Waals surface area contributed by atoms with Gasteiger partial charge in [0, 0.05) is 5.69 Å². The Hall–Kier alpha value is -2.50. The average molecular weight is 280 g/mol. The summed E-state index contributed by atoms with van der Waals surface area (Å²) in [4.78, 5) is 11.9. The van der Waals surface area contributed by atoms with E-state index in [1.807, 2.05) is 5.32 Å². The van der Waals surface area contributed by atoms with E-state index in [0.29, 0.717) is 0 Å². The second-order valence-electron chi connectivity index (χ2n) is 4.25. The van der Waals surface area contributed by atoms with Gasteiger partial charge in [-0.3, -0.25) is 4.79 Å². The van der Waals surface area contributed by atoms with Crippen LogP contribution in [-0.2, 0) is 0 Å². The number of nitrogen functional groups attached to an aromatic ring is 1. The van der Waals surface area contributed by atoms with E-state index in [-0.39, 0.29) is 16.8 Å². The van der Waals surface area contributed by atoms with Crippen molar-refractivity contribution in [3.05, 3.63) is 58.9 Å². The fourth-order valence-electron chi connectivity index (χ4n) is 1.76. The van der Waals surface area contributed by atoms with E-state index in [4.69, 9.17) is 5.73 Å². The number of benzene rings is 2. The molecule has 20 heavy (non-hydrogen) atoms. The highest BCUT2D eigenvalue weighted by atomic mass is 19.1. The summed E-state index contributed by atoms with van der Waals surface area (Å²) in [6.07, 6.45) is 0. The first kappa shape index (κ1) is 13.9. The molecule has 3 N–H and O–H groups in total. The Morgan fingerprint density at radius 2 is 1.75 bits per heavy atom. The molecule has 0 bridgehead atoms. The van der Waals surface area contributed by atoms with Crippen LogP contribution in [0.15, 0.2) is 30.3 Å². The fraction of sp³-hybridized carbons (Fsp3) is 0.0714. The van der Waals surface area contributed by atoms with E-state index >= 15 is 0 Å². The second kappa shape index (κ2) is 5.24. The molecule has 0 aliphatic rings. The first-order valence-corrected chi connectivity index (χ1v) is 5.71. The van der Waals surface area contributed by atoms with Gasteiger partial charge in [0.1, 0.15) is 23.1 Å². The maximum absolute atomic E-state index is 13.8. The maximum Gasteiger partial charge on any atom is 0.258 e. The van der Waals surface area contributed by atoms with Crippen LogP contribution in [0.5, 0.6) is 0 Å². The largest absolute Gasteiger partial charge is 0.399 e. The van der Waals surface area contributed by atoms with Gasteiger partial charge in [-0.05, 0) is 36.8 Å². The number of hydrogen-bond acceptors (Lipinski definition) is 2. The van der Waals surface area contributed by atoms with E-state index in [1.165, 1.54) is 13.0 Å². The van der Waals surface area contributed by atoms with Crippen molar-refractivity contribution < 1.29 is 18.0 Å². The number of para-hydroxylation sites is 1. The highest BCUT2D eigenvalue weighted by molar-refractivity contribution is 6.05. The van der Waals surface area contributed by atoms with Crippen molar-refractivity contribution in [3.8, 4) is 0 Å². The molecule has 2 rings (SSSR count). The lowest BCUT2D eigenvalue weighted by atomic mass is 10.1. The van der Waals surface area contributed by atoms with Gasteiger partial charge < -0.3 is 11.1 Å². The van der Waals surface area contributed by atoms with Gasteiger partial charge in [-0.1, -0.05) is 6.07 Å². The standard InChI is InChI=1S/C14H11F3N2O/c1-7-5-8(18)6-9(12(7)17)14(20)19-13-10(15)3-2-4-11(13)16/h2-6H,18H2,1H3,(H,19,20). The van der Waals surface area contributed by atoms with Crippen molar-refractivity contribution in [2.24, 2.45) is 0 Å². The Bertz CT molecular complexity index is 666. The molecular formula is C14H11F3N2O. The number of halogens is 3. The minimum absolute atomic E-state index is 0.171. The summed E-state index contributed by atoms with van der Waals surface area (Å²) in [5, 5.41) is 2.01. The molecule has 0 saturated carbocycles. The Morgan fingerprint density at radius 1 is 1.15 bits per heavy atom. The van der Waals surface area contributed by atoms with E-state index in [2.05, 4.69) is 0 Å². The van der Waals surface area contributed by atoms with Crippen LogP contribution in [0.3, 0.4) is 0 Å². The normalized spacial score (nSPS) is 10.4. The minimum Gasteiger partial charge on any atom is -0.399 e. The quantitative estimate of drug-likeness (QED) is 0.830. The Labute approximate surface area is 113 Å². The van der Waals surface area contributed by atoms with Crippen LogP contribution in [0.4, 0.5) is 24.5 Å². The monoisotopic (exact) mass is 280 g/mol. The van der Waals surface area contributed by atoms with Gasteiger partial charge in [-0.25, -0.2) is 13.2 Å². The molecule has 0 saturated heterocycles. The Morgan fingerprint density at radius 3 is 2.35 bits per heavy atom. The lowest BCUT2D eigenvalue weighted by molar-refractivity contribution is 0.102. The first-order valence-electron chi connectivity index (χ1n) is 5.71. The van der Waals surface area contributed by atoms with Gasteiger partial charge in [0.15, 0.2) is 0 Å². The summed E-state index contributed by atoms with van der Waals surface area (Å²) in [5.41, 5.74) is 4.88. The van der Waals surface area contributed by atoms with Crippen LogP contribution in [0.1, 0.15) is 15.9 Å².